The fraction of sp³-hybridized carbons (Fsp3) is 0.714. The molecule has 1 heterocycles. The summed E-state index contributed by atoms with van der Waals surface area (Å²) in [4.78, 5) is 0. The van der Waals surface area contributed by atoms with E-state index in [0.29, 0.717) is 12.0 Å². The second kappa shape index (κ2) is 10.5. The lowest BCUT2D eigenvalue weighted by molar-refractivity contribution is 0.123. The summed E-state index contributed by atoms with van der Waals surface area (Å²) in [5.41, 5.74) is 1.35. The number of hydrogen-bond acceptors (Lipinski definition) is 1. The van der Waals surface area contributed by atoms with Gasteiger partial charge in [0, 0.05) is 0 Å². The largest absolute Gasteiger partial charge is 0.487 e. The van der Waals surface area contributed by atoms with Gasteiger partial charge in [-0.1, -0.05) is 32.3 Å². The first kappa shape index (κ1) is 22.8. The summed E-state index contributed by atoms with van der Waals surface area (Å²) in [6.07, 6.45) is 18.3. The summed E-state index contributed by atoms with van der Waals surface area (Å²) in [5.74, 6) is 2.11. The van der Waals surface area contributed by atoms with Crippen molar-refractivity contribution in [3.8, 4) is 5.75 Å². The molecule has 4 rings (SSSR count). The molecule has 0 spiro atoms. The molecule has 0 radical (unpaired) electrons. The molecule has 0 saturated heterocycles. The average Bonchev–Trinajstić information content (AvgIpc) is 2.82. The van der Waals surface area contributed by atoms with Crippen LogP contribution in [0.4, 0.5) is 8.78 Å². The Morgan fingerprint density at radius 2 is 1.61 bits per heavy atom. The van der Waals surface area contributed by atoms with E-state index < -0.39 is 11.6 Å². The SMILES string of the molecule is C=CC1CCC(C2CCC(CCC3CCc4cc(CCC)c(F)c(F)c4O3)CC2)CC1. The number of fused-ring (bicyclic) bond motifs is 1. The number of hydrogen-bond donors (Lipinski definition) is 0. The average molecular weight is 431 g/mol. The summed E-state index contributed by atoms with van der Waals surface area (Å²) in [6, 6.07) is 1.83. The Morgan fingerprint density at radius 1 is 0.935 bits per heavy atom. The van der Waals surface area contributed by atoms with Gasteiger partial charge in [0.2, 0.25) is 5.82 Å². The Balaban J connectivity index is 1.23. The number of aryl methyl sites for hydroxylation is 2. The lowest BCUT2D eigenvalue weighted by atomic mass is 9.68. The molecule has 3 heteroatoms. The maximum Gasteiger partial charge on any atom is 0.201 e. The highest BCUT2D eigenvalue weighted by Gasteiger charge is 2.31. The van der Waals surface area contributed by atoms with Gasteiger partial charge in [-0.3, -0.25) is 0 Å². The molecule has 2 aliphatic carbocycles. The fourth-order valence-electron chi connectivity index (χ4n) is 6.45. The number of ether oxygens (including phenoxy) is 1. The predicted molar refractivity (Wildman–Crippen MR) is 123 cm³/mol. The van der Waals surface area contributed by atoms with Crippen LogP contribution in [0.5, 0.6) is 5.75 Å². The van der Waals surface area contributed by atoms with E-state index in [-0.39, 0.29) is 11.9 Å². The van der Waals surface area contributed by atoms with Crippen molar-refractivity contribution in [1.29, 1.82) is 0 Å². The quantitative estimate of drug-likeness (QED) is 0.396. The van der Waals surface area contributed by atoms with Gasteiger partial charge < -0.3 is 4.74 Å². The number of rotatable bonds is 7. The van der Waals surface area contributed by atoms with Gasteiger partial charge in [-0.25, -0.2) is 4.39 Å². The second-order valence-corrected chi connectivity index (χ2v) is 10.4. The Hall–Kier alpha value is -1.38. The van der Waals surface area contributed by atoms with Crippen LogP contribution < -0.4 is 4.74 Å². The highest BCUT2D eigenvalue weighted by Crippen LogP contribution is 2.43. The molecule has 3 aliphatic rings. The maximum atomic E-state index is 14.6. The first-order valence-corrected chi connectivity index (χ1v) is 12.9. The standard InChI is InChI=1S/C28H40F2O/c1-3-5-23-18-24-15-17-25(31-28(24)27(30)26(23)29)16-10-20-8-13-22(14-9-20)21-11-6-19(4-2)7-12-21/h4,18-22,25H,2-3,5-17H2,1H3. The van der Waals surface area contributed by atoms with Crippen molar-refractivity contribution >= 4 is 0 Å². The molecule has 1 aromatic rings. The summed E-state index contributed by atoms with van der Waals surface area (Å²) in [5, 5.41) is 0. The van der Waals surface area contributed by atoms with Gasteiger partial charge in [0.05, 0.1) is 6.10 Å². The van der Waals surface area contributed by atoms with Crippen molar-refractivity contribution in [3.63, 3.8) is 0 Å². The number of allylic oxidation sites excluding steroid dienone is 1. The van der Waals surface area contributed by atoms with Crippen LogP contribution in [0.3, 0.4) is 0 Å². The van der Waals surface area contributed by atoms with Crippen LogP contribution in [0.25, 0.3) is 0 Å². The Morgan fingerprint density at radius 3 is 2.26 bits per heavy atom. The van der Waals surface area contributed by atoms with Crippen molar-refractivity contribution < 1.29 is 13.5 Å². The molecule has 31 heavy (non-hydrogen) atoms. The third-order valence-corrected chi connectivity index (χ3v) is 8.46. The summed E-state index contributed by atoms with van der Waals surface area (Å²) >= 11 is 0. The van der Waals surface area contributed by atoms with E-state index in [4.69, 9.17) is 4.74 Å². The Bertz CT molecular complexity index is 742. The highest BCUT2D eigenvalue weighted by molar-refractivity contribution is 5.41. The number of halogens is 2. The first-order valence-electron chi connectivity index (χ1n) is 12.9. The monoisotopic (exact) mass is 430 g/mol. The molecule has 172 valence electrons. The molecule has 1 aromatic carbocycles. The van der Waals surface area contributed by atoms with Crippen LogP contribution in [-0.4, -0.2) is 6.10 Å². The summed E-state index contributed by atoms with van der Waals surface area (Å²) < 4.78 is 34.9. The van der Waals surface area contributed by atoms with Gasteiger partial charge in [-0.2, -0.15) is 4.39 Å². The van der Waals surface area contributed by atoms with Crippen LogP contribution in [-0.2, 0) is 12.8 Å². The van der Waals surface area contributed by atoms with Crippen molar-refractivity contribution in [2.45, 2.75) is 103 Å². The van der Waals surface area contributed by atoms with E-state index in [1.54, 1.807) is 0 Å². The molecule has 2 fully saturated rings. The third kappa shape index (κ3) is 5.34. The summed E-state index contributed by atoms with van der Waals surface area (Å²) in [6.45, 7) is 5.96. The maximum absolute atomic E-state index is 14.6. The molecule has 0 N–H and O–H groups in total. The van der Waals surface area contributed by atoms with Gasteiger partial charge >= 0.3 is 0 Å². The van der Waals surface area contributed by atoms with Crippen LogP contribution in [0.1, 0.15) is 95.1 Å². The normalized spacial score (nSPS) is 31.0. The second-order valence-electron chi connectivity index (χ2n) is 10.4. The molecule has 1 nitrogen and oxygen atoms in total. The molecule has 1 atom stereocenters. The smallest absolute Gasteiger partial charge is 0.201 e. The fourth-order valence-corrected chi connectivity index (χ4v) is 6.45. The van der Waals surface area contributed by atoms with Crippen molar-refractivity contribution in [2.75, 3.05) is 0 Å². The molecule has 1 aliphatic heterocycles. The van der Waals surface area contributed by atoms with E-state index in [1.165, 1.54) is 51.4 Å². The van der Waals surface area contributed by atoms with E-state index >= 15 is 0 Å². The Labute approximate surface area is 187 Å². The molecular weight excluding hydrogens is 390 g/mol. The van der Waals surface area contributed by atoms with E-state index in [2.05, 4.69) is 12.7 Å². The zero-order chi connectivity index (χ0) is 21.8. The molecular formula is C28H40F2O. The Kier molecular flexibility index (Phi) is 7.72. The minimum Gasteiger partial charge on any atom is -0.487 e. The van der Waals surface area contributed by atoms with Crippen molar-refractivity contribution in [1.82, 2.24) is 0 Å². The highest BCUT2D eigenvalue weighted by atomic mass is 19.2. The lowest BCUT2D eigenvalue weighted by Crippen LogP contribution is -2.27. The van der Waals surface area contributed by atoms with Gasteiger partial charge in [0.15, 0.2) is 11.6 Å². The molecule has 2 saturated carbocycles. The first-order chi connectivity index (χ1) is 15.1. The van der Waals surface area contributed by atoms with Gasteiger partial charge in [-0.05, 0) is 111 Å². The van der Waals surface area contributed by atoms with Crippen LogP contribution >= 0.6 is 0 Å². The van der Waals surface area contributed by atoms with E-state index in [1.807, 2.05) is 13.0 Å². The molecule has 0 amide bonds. The minimum absolute atomic E-state index is 0.0327. The van der Waals surface area contributed by atoms with Gasteiger partial charge in [-0.15, -0.1) is 6.58 Å². The van der Waals surface area contributed by atoms with Crippen molar-refractivity contribution in [3.05, 3.63) is 41.5 Å². The van der Waals surface area contributed by atoms with Crippen molar-refractivity contribution in [2.24, 2.45) is 23.7 Å². The predicted octanol–water partition coefficient (Wildman–Crippen LogP) is 8.19. The van der Waals surface area contributed by atoms with Crippen LogP contribution in [0.15, 0.2) is 18.7 Å². The van der Waals surface area contributed by atoms with Gasteiger partial charge in [0.25, 0.3) is 0 Å². The lowest BCUT2D eigenvalue weighted by Gasteiger charge is -2.37. The van der Waals surface area contributed by atoms with Crippen LogP contribution in [0.2, 0.25) is 0 Å². The van der Waals surface area contributed by atoms with E-state index in [0.717, 1.165) is 61.3 Å². The molecule has 0 bridgehead atoms. The van der Waals surface area contributed by atoms with Gasteiger partial charge in [0.1, 0.15) is 0 Å². The third-order valence-electron chi connectivity index (χ3n) is 8.46. The van der Waals surface area contributed by atoms with Crippen LogP contribution in [0, 0.1) is 35.3 Å². The molecule has 1 unspecified atom stereocenters. The minimum atomic E-state index is -0.766. The zero-order valence-corrected chi connectivity index (χ0v) is 19.3. The van der Waals surface area contributed by atoms with E-state index in [9.17, 15) is 8.78 Å². The molecule has 0 aromatic heterocycles. The zero-order valence-electron chi connectivity index (χ0n) is 19.3. The summed E-state index contributed by atoms with van der Waals surface area (Å²) in [7, 11) is 0. The number of benzene rings is 1. The topological polar surface area (TPSA) is 9.23 Å².